The minimum atomic E-state index is -0.823. The van der Waals surface area contributed by atoms with Gasteiger partial charge in [0.2, 0.25) is 0 Å². The van der Waals surface area contributed by atoms with Gasteiger partial charge in [-0.25, -0.2) is 0 Å². The van der Waals surface area contributed by atoms with Gasteiger partial charge in [0.1, 0.15) is 5.75 Å². The van der Waals surface area contributed by atoms with Crippen LogP contribution in [0.25, 0.3) is 0 Å². The number of aliphatic carboxylic acids is 1. The molecule has 0 heterocycles. The van der Waals surface area contributed by atoms with Crippen LogP contribution in [0.15, 0.2) is 42.5 Å². The van der Waals surface area contributed by atoms with Gasteiger partial charge in [0.15, 0.2) is 6.61 Å². The summed E-state index contributed by atoms with van der Waals surface area (Å²) in [6, 6.07) is 12.9. The Bertz CT molecular complexity index is 774. The maximum Gasteiger partial charge on any atom is 0.303 e. The molecule has 0 aliphatic heterocycles. The number of carboxylic acids is 1. The van der Waals surface area contributed by atoms with Crippen molar-refractivity contribution in [2.75, 3.05) is 13.2 Å². The third-order valence-electron chi connectivity index (χ3n) is 4.19. The molecule has 27 heavy (non-hydrogen) atoms. The van der Waals surface area contributed by atoms with Gasteiger partial charge in [0.25, 0.3) is 5.91 Å². The molecule has 0 saturated carbocycles. The lowest BCUT2D eigenvalue weighted by molar-refractivity contribution is -0.137. The van der Waals surface area contributed by atoms with Gasteiger partial charge in [-0.15, -0.1) is 0 Å². The van der Waals surface area contributed by atoms with Crippen molar-refractivity contribution in [3.05, 3.63) is 64.2 Å². The van der Waals surface area contributed by atoms with E-state index in [-0.39, 0.29) is 18.9 Å². The SMILES string of the molecule is CCc1cc(Cl)ccc1CCNC(=O)COc1ccc(CCC(=O)O)cc1. The van der Waals surface area contributed by atoms with Gasteiger partial charge < -0.3 is 15.2 Å². The highest BCUT2D eigenvalue weighted by molar-refractivity contribution is 6.30. The van der Waals surface area contributed by atoms with E-state index >= 15 is 0 Å². The summed E-state index contributed by atoms with van der Waals surface area (Å²) >= 11 is 6.01. The van der Waals surface area contributed by atoms with E-state index in [1.165, 1.54) is 11.1 Å². The number of benzene rings is 2. The molecule has 144 valence electrons. The summed E-state index contributed by atoms with van der Waals surface area (Å²) in [6.45, 7) is 2.55. The van der Waals surface area contributed by atoms with Crippen molar-refractivity contribution in [2.24, 2.45) is 0 Å². The average Bonchev–Trinajstić information content (AvgIpc) is 2.66. The van der Waals surface area contributed by atoms with Gasteiger partial charge in [0.05, 0.1) is 0 Å². The summed E-state index contributed by atoms with van der Waals surface area (Å²) in [5, 5.41) is 12.3. The van der Waals surface area contributed by atoms with Crippen LogP contribution in [0.5, 0.6) is 5.75 Å². The van der Waals surface area contributed by atoms with Crippen molar-refractivity contribution < 1.29 is 19.4 Å². The van der Waals surface area contributed by atoms with Crippen molar-refractivity contribution in [3.63, 3.8) is 0 Å². The Morgan fingerprint density at radius 3 is 2.48 bits per heavy atom. The molecule has 2 N–H and O–H groups in total. The summed E-state index contributed by atoms with van der Waals surface area (Å²) in [6.07, 6.45) is 2.20. The zero-order chi connectivity index (χ0) is 19.6. The molecule has 6 heteroatoms. The average molecular weight is 390 g/mol. The van der Waals surface area contributed by atoms with Gasteiger partial charge in [-0.3, -0.25) is 9.59 Å². The van der Waals surface area contributed by atoms with Crippen molar-refractivity contribution >= 4 is 23.5 Å². The zero-order valence-electron chi connectivity index (χ0n) is 15.3. The Balaban J connectivity index is 1.72. The van der Waals surface area contributed by atoms with Crippen LogP contribution < -0.4 is 10.1 Å². The molecule has 2 aromatic carbocycles. The molecule has 0 aromatic heterocycles. The number of hydrogen-bond acceptors (Lipinski definition) is 3. The van der Waals surface area contributed by atoms with E-state index in [4.69, 9.17) is 21.4 Å². The number of nitrogens with one attached hydrogen (secondary N) is 1. The maximum atomic E-state index is 11.9. The largest absolute Gasteiger partial charge is 0.484 e. The molecule has 0 aliphatic rings. The fourth-order valence-electron chi connectivity index (χ4n) is 2.71. The van der Waals surface area contributed by atoms with Crippen LogP contribution in [0.3, 0.4) is 0 Å². The number of rotatable bonds is 10. The molecule has 5 nitrogen and oxygen atoms in total. The molecule has 0 aliphatic carbocycles. The lowest BCUT2D eigenvalue weighted by atomic mass is 10.0. The molecule has 0 saturated heterocycles. The first-order valence-corrected chi connectivity index (χ1v) is 9.33. The molecule has 0 fully saturated rings. The van der Waals surface area contributed by atoms with Crippen molar-refractivity contribution in [1.29, 1.82) is 0 Å². The highest BCUT2D eigenvalue weighted by Crippen LogP contribution is 2.17. The quantitative estimate of drug-likeness (QED) is 0.650. The molecule has 2 aromatic rings. The third kappa shape index (κ3) is 7.31. The van der Waals surface area contributed by atoms with Crippen LogP contribution in [-0.4, -0.2) is 30.1 Å². The predicted molar refractivity (Wildman–Crippen MR) is 105 cm³/mol. The number of amides is 1. The topological polar surface area (TPSA) is 75.6 Å². The Kier molecular flexibility index (Phi) is 8.14. The third-order valence-corrected chi connectivity index (χ3v) is 4.42. The first-order valence-electron chi connectivity index (χ1n) is 8.95. The summed E-state index contributed by atoms with van der Waals surface area (Å²) in [5.74, 6) is -0.427. The molecule has 0 atom stereocenters. The number of halogens is 1. The van der Waals surface area contributed by atoms with Gasteiger partial charge in [-0.1, -0.05) is 36.7 Å². The van der Waals surface area contributed by atoms with E-state index in [9.17, 15) is 9.59 Å². The molecule has 0 spiro atoms. The molecular weight excluding hydrogens is 366 g/mol. The fraction of sp³-hybridized carbons (Fsp3) is 0.333. The van der Waals surface area contributed by atoms with Gasteiger partial charge in [0, 0.05) is 18.0 Å². The van der Waals surface area contributed by atoms with Gasteiger partial charge >= 0.3 is 5.97 Å². The second-order valence-corrected chi connectivity index (χ2v) is 6.63. The van der Waals surface area contributed by atoms with Gasteiger partial charge in [-0.2, -0.15) is 0 Å². The molecule has 0 unspecified atom stereocenters. The molecule has 1 amide bonds. The van der Waals surface area contributed by atoms with E-state index in [1.54, 1.807) is 12.1 Å². The maximum absolute atomic E-state index is 11.9. The first-order chi connectivity index (χ1) is 13.0. The minimum absolute atomic E-state index is 0.0598. The second-order valence-electron chi connectivity index (χ2n) is 6.19. The van der Waals surface area contributed by atoms with E-state index < -0.39 is 5.97 Å². The monoisotopic (exact) mass is 389 g/mol. The molecular formula is C21H24ClNO4. The van der Waals surface area contributed by atoms with Crippen LogP contribution >= 0.6 is 11.6 Å². The highest BCUT2D eigenvalue weighted by atomic mass is 35.5. The van der Waals surface area contributed by atoms with E-state index in [0.29, 0.717) is 18.7 Å². The second kappa shape index (κ2) is 10.6. The smallest absolute Gasteiger partial charge is 0.303 e. The first kappa shape index (κ1) is 20.8. The number of carboxylic acid groups (broad SMARTS) is 1. The summed E-state index contributed by atoms with van der Waals surface area (Å²) in [7, 11) is 0. The van der Waals surface area contributed by atoms with Crippen molar-refractivity contribution in [2.45, 2.75) is 32.6 Å². The molecule has 2 rings (SSSR count). The molecule has 0 radical (unpaired) electrons. The predicted octanol–water partition coefficient (Wildman–Crippen LogP) is 3.66. The summed E-state index contributed by atoms with van der Waals surface area (Å²) < 4.78 is 5.47. The van der Waals surface area contributed by atoms with E-state index in [0.717, 1.165) is 23.4 Å². The molecule has 0 bridgehead atoms. The van der Waals surface area contributed by atoms with Crippen molar-refractivity contribution in [3.8, 4) is 5.75 Å². The van der Waals surface area contributed by atoms with Crippen LogP contribution in [0, 0.1) is 0 Å². The number of hydrogen-bond donors (Lipinski definition) is 2. The highest BCUT2D eigenvalue weighted by Gasteiger charge is 2.06. The summed E-state index contributed by atoms with van der Waals surface area (Å²) in [4.78, 5) is 22.5. The van der Waals surface area contributed by atoms with E-state index in [1.807, 2.05) is 30.3 Å². The van der Waals surface area contributed by atoms with E-state index in [2.05, 4.69) is 12.2 Å². The normalized spacial score (nSPS) is 10.4. The van der Waals surface area contributed by atoms with Crippen molar-refractivity contribution in [1.82, 2.24) is 5.32 Å². The number of ether oxygens (including phenoxy) is 1. The van der Waals surface area contributed by atoms with Crippen LogP contribution in [0.2, 0.25) is 5.02 Å². The minimum Gasteiger partial charge on any atom is -0.484 e. The number of carbonyl (C=O) groups excluding carboxylic acids is 1. The Morgan fingerprint density at radius 1 is 1.07 bits per heavy atom. The van der Waals surface area contributed by atoms with Crippen LogP contribution in [0.4, 0.5) is 0 Å². The summed E-state index contributed by atoms with van der Waals surface area (Å²) in [5.41, 5.74) is 3.29. The zero-order valence-corrected chi connectivity index (χ0v) is 16.1. The number of aryl methyl sites for hydroxylation is 2. The number of carbonyl (C=O) groups is 2. The van der Waals surface area contributed by atoms with Crippen LogP contribution in [-0.2, 0) is 28.9 Å². The lowest BCUT2D eigenvalue weighted by Gasteiger charge is -2.10. The van der Waals surface area contributed by atoms with Crippen LogP contribution in [0.1, 0.15) is 30.0 Å². The Labute approximate surface area is 164 Å². The standard InChI is InChI=1S/C21H24ClNO4/c1-2-16-13-18(22)7-6-17(16)11-12-23-20(24)14-27-19-8-3-15(4-9-19)5-10-21(25)26/h3-4,6-9,13H,2,5,10-12,14H2,1H3,(H,23,24)(H,25,26). The lowest BCUT2D eigenvalue weighted by Crippen LogP contribution is -2.30. The Morgan fingerprint density at radius 2 is 1.81 bits per heavy atom. The van der Waals surface area contributed by atoms with Gasteiger partial charge in [-0.05, 0) is 60.2 Å². The Hall–Kier alpha value is -2.53. The fourth-order valence-corrected chi connectivity index (χ4v) is 2.90.